The molecule has 1 aliphatic heterocycles. The van der Waals surface area contributed by atoms with Gasteiger partial charge < -0.3 is 9.84 Å². The number of ether oxygens (including phenoxy) is 1. The minimum absolute atomic E-state index is 0.255. The first-order valence-corrected chi connectivity index (χ1v) is 7.41. The van der Waals surface area contributed by atoms with Crippen LogP contribution in [0.2, 0.25) is 5.02 Å². The van der Waals surface area contributed by atoms with Crippen LogP contribution in [-0.4, -0.2) is 60.8 Å². The summed E-state index contributed by atoms with van der Waals surface area (Å²) in [4.78, 5) is 4.70. The highest BCUT2D eigenvalue weighted by atomic mass is 35.5. The molecule has 5 heteroatoms. The average molecular weight is 299 g/mol. The summed E-state index contributed by atoms with van der Waals surface area (Å²) in [7, 11) is 1.69. The lowest BCUT2D eigenvalue weighted by Gasteiger charge is -2.35. The van der Waals surface area contributed by atoms with Crippen LogP contribution in [0.25, 0.3) is 0 Å². The van der Waals surface area contributed by atoms with E-state index in [9.17, 15) is 5.11 Å². The number of rotatable bonds is 5. The Morgan fingerprint density at radius 1 is 1.25 bits per heavy atom. The van der Waals surface area contributed by atoms with Crippen molar-refractivity contribution in [3.05, 3.63) is 28.8 Å². The van der Waals surface area contributed by atoms with Crippen molar-refractivity contribution in [1.29, 1.82) is 0 Å². The zero-order valence-corrected chi connectivity index (χ0v) is 12.9. The Labute approximate surface area is 125 Å². The normalized spacial score (nSPS) is 19.0. The summed E-state index contributed by atoms with van der Waals surface area (Å²) in [5.74, 6) is 0.890. The van der Waals surface area contributed by atoms with Crippen LogP contribution in [0, 0.1) is 0 Å². The molecule has 1 fully saturated rings. The van der Waals surface area contributed by atoms with Crippen molar-refractivity contribution < 1.29 is 9.84 Å². The number of aliphatic hydroxyl groups is 1. The number of aliphatic hydroxyl groups excluding tert-OH is 1. The quantitative estimate of drug-likeness (QED) is 0.900. The third kappa shape index (κ3) is 4.35. The molecule has 1 atom stereocenters. The van der Waals surface area contributed by atoms with Crippen molar-refractivity contribution in [3.63, 3.8) is 0 Å². The van der Waals surface area contributed by atoms with Gasteiger partial charge in [0.25, 0.3) is 0 Å². The van der Waals surface area contributed by atoms with Gasteiger partial charge in [-0.1, -0.05) is 11.6 Å². The molecule has 0 bridgehead atoms. The van der Waals surface area contributed by atoms with E-state index in [1.807, 2.05) is 25.1 Å². The Morgan fingerprint density at radius 3 is 2.50 bits per heavy atom. The zero-order valence-electron chi connectivity index (χ0n) is 12.2. The highest BCUT2D eigenvalue weighted by Gasteiger charge is 2.19. The van der Waals surface area contributed by atoms with Crippen molar-refractivity contribution >= 4 is 11.6 Å². The van der Waals surface area contributed by atoms with Crippen LogP contribution in [0.1, 0.15) is 12.5 Å². The highest BCUT2D eigenvalue weighted by molar-refractivity contribution is 6.30. The predicted molar refractivity (Wildman–Crippen MR) is 81.4 cm³/mol. The Bertz CT molecular complexity index is 432. The minimum Gasteiger partial charge on any atom is -0.496 e. The van der Waals surface area contributed by atoms with E-state index in [0.717, 1.165) is 55.6 Å². The third-order valence-electron chi connectivity index (χ3n) is 3.62. The molecule has 1 N–H and O–H groups in total. The van der Waals surface area contributed by atoms with Gasteiger partial charge in [0.1, 0.15) is 5.75 Å². The monoisotopic (exact) mass is 298 g/mol. The molecule has 0 radical (unpaired) electrons. The molecule has 0 spiro atoms. The Hall–Kier alpha value is -0.810. The number of hydrogen-bond donors (Lipinski definition) is 1. The van der Waals surface area contributed by atoms with Gasteiger partial charge in [0, 0.05) is 49.9 Å². The molecule has 1 aromatic rings. The first-order valence-electron chi connectivity index (χ1n) is 7.03. The van der Waals surface area contributed by atoms with Gasteiger partial charge >= 0.3 is 0 Å². The van der Waals surface area contributed by atoms with Crippen LogP contribution in [0.5, 0.6) is 5.75 Å². The number of halogens is 1. The second-order valence-corrected chi connectivity index (χ2v) is 5.82. The maximum atomic E-state index is 9.42. The molecule has 0 amide bonds. The molecule has 20 heavy (non-hydrogen) atoms. The minimum atomic E-state index is -0.255. The Morgan fingerprint density at radius 2 is 1.90 bits per heavy atom. The van der Waals surface area contributed by atoms with Crippen molar-refractivity contribution in [2.45, 2.75) is 19.6 Å². The molecule has 1 unspecified atom stereocenters. The molecule has 1 aromatic carbocycles. The summed E-state index contributed by atoms with van der Waals surface area (Å²) in [6.45, 7) is 7.44. The SMILES string of the molecule is COc1ccc(Cl)cc1CN1CCN(CC(C)O)CC1. The summed E-state index contributed by atoms with van der Waals surface area (Å²) in [5.41, 5.74) is 1.13. The topological polar surface area (TPSA) is 35.9 Å². The summed E-state index contributed by atoms with van der Waals surface area (Å²) in [5, 5.41) is 10.2. The molecule has 0 saturated carbocycles. The van der Waals surface area contributed by atoms with E-state index in [0.29, 0.717) is 0 Å². The van der Waals surface area contributed by atoms with Crippen LogP contribution in [0.15, 0.2) is 18.2 Å². The van der Waals surface area contributed by atoms with E-state index in [2.05, 4.69) is 9.80 Å². The van der Waals surface area contributed by atoms with Crippen LogP contribution in [0.4, 0.5) is 0 Å². The number of methoxy groups -OCH3 is 1. The molecule has 0 aromatic heterocycles. The van der Waals surface area contributed by atoms with Gasteiger partial charge in [0.05, 0.1) is 13.2 Å². The van der Waals surface area contributed by atoms with Crippen molar-refractivity contribution in [2.24, 2.45) is 0 Å². The van der Waals surface area contributed by atoms with E-state index in [4.69, 9.17) is 16.3 Å². The first-order chi connectivity index (χ1) is 9.58. The highest BCUT2D eigenvalue weighted by Crippen LogP contribution is 2.24. The van der Waals surface area contributed by atoms with Crippen molar-refractivity contribution in [1.82, 2.24) is 9.80 Å². The van der Waals surface area contributed by atoms with E-state index < -0.39 is 0 Å². The van der Waals surface area contributed by atoms with Crippen molar-refractivity contribution in [3.8, 4) is 5.75 Å². The molecular weight excluding hydrogens is 276 g/mol. The summed E-state index contributed by atoms with van der Waals surface area (Å²) in [6, 6.07) is 5.74. The zero-order chi connectivity index (χ0) is 14.5. The summed E-state index contributed by atoms with van der Waals surface area (Å²) in [6.07, 6.45) is -0.255. The molecule has 2 rings (SSSR count). The van der Waals surface area contributed by atoms with Gasteiger partial charge in [0.15, 0.2) is 0 Å². The smallest absolute Gasteiger partial charge is 0.123 e. The van der Waals surface area contributed by atoms with E-state index >= 15 is 0 Å². The molecule has 1 saturated heterocycles. The van der Waals surface area contributed by atoms with E-state index in [1.54, 1.807) is 7.11 Å². The number of nitrogens with zero attached hydrogens (tertiary/aromatic N) is 2. The molecule has 112 valence electrons. The van der Waals surface area contributed by atoms with Gasteiger partial charge in [-0.15, -0.1) is 0 Å². The molecular formula is C15H23ClN2O2. The second-order valence-electron chi connectivity index (χ2n) is 5.38. The van der Waals surface area contributed by atoms with Gasteiger partial charge in [-0.3, -0.25) is 9.80 Å². The molecule has 4 nitrogen and oxygen atoms in total. The van der Waals surface area contributed by atoms with E-state index in [-0.39, 0.29) is 6.10 Å². The van der Waals surface area contributed by atoms with E-state index in [1.165, 1.54) is 0 Å². The summed E-state index contributed by atoms with van der Waals surface area (Å²) < 4.78 is 5.39. The van der Waals surface area contributed by atoms with Crippen LogP contribution < -0.4 is 4.74 Å². The first kappa shape index (κ1) is 15.6. The maximum Gasteiger partial charge on any atom is 0.123 e. The fourth-order valence-electron chi connectivity index (χ4n) is 2.62. The number of benzene rings is 1. The predicted octanol–water partition coefficient (Wildman–Crippen LogP) is 1.85. The second kappa shape index (κ2) is 7.27. The van der Waals surface area contributed by atoms with Gasteiger partial charge in [-0.25, -0.2) is 0 Å². The third-order valence-corrected chi connectivity index (χ3v) is 3.86. The molecule has 1 heterocycles. The van der Waals surface area contributed by atoms with Gasteiger partial charge in [-0.2, -0.15) is 0 Å². The van der Waals surface area contributed by atoms with Crippen LogP contribution >= 0.6 is 11.6 Å². The lowest BCUT2D eigenvalue weighted by atomic mass is 10.1. The Balaban J connectivity index is 1.91. The lowest BCUT2D eigenvalue weighted by molar-refractivity contribution is 0.0778. The average Bonchev–Trinajstić information content (AvgIpc) is 2.41. The fraction of sp³-hybridized carbons (Fsp3) is 0.600. The van der Waals surface area contributed by atoms with Gasteiger partial charge in [0.2, 0.25) is 0 Å². The van der Waals surface area contributed by atoms with Crippen LogP contribution in [0.3, 0.4) is 0 Å². The standard InChI is InChI=1S/C15H23ClN2O2/c1-12(19)10-17-5-7-18(8-6-17)11-13-9-14(16)3-4-15(13)20-2/h3-4,9,12,19H,5-8,10-11H2,1-2H3. The number of piperazine rings is 1. The number of hydrogen-bond acceptors (Lipinski definition) is 4. The van der Waals surface area contributed by atoms with Crippen LogP contribution in [-0.2, 0) is 6.54 Å². The summed E-state index contributed by atoms with van der Waals surface area (Å²) >= 11 is 6.06. The lowest BCUT2D eigenvalue weighted by Crippen LogP contribution is -2.47. The fourth-order valence-corrected chi connectivity index (χ4v) is 2.81. The number of β-amino-alcohol motifs (C(OH)–C–C–N with tert-alkyl or cyclic N) is 1. The maximum absolute atomic E-state index is 9.42. The van der Waals surface area contributed by atoms with Gasteiger partial charge in [-0.05, 0) is 25.1 Å². The Kier molecular flexibility index (Phi) is 5.66. The largest absolute Gasteiger partial charge is 0.496 e. The molecule has 1 aliphatic rings. The molecule has 0 aliphatic carbocycles. The van der Waals surface area contributed by atoms with Crippen molar-refractivity contribution in [2.75, 3.05) is 39.8 Å².